The average molecular weight is 303 g/mol. The van der Waals surface area contributed by atoms with E-state index in [-0.39, 0.29) is 43.7 Å². The third kappa shape index (κ3) is 9.75. The van der Waals surface area contributed by atoms with Gasteiger partial charge in [-0.05, 0) is 32.8 Å². The Morgan fingerprint density at radius 2 is 1.65 bits per heavy atom. The molecule has 0 aliphatic carbocycles. The Bertz CT molecular complexity index is 364. The number of hydrogen-bond donors (Lipinski definition) is 1. The van der Waals surface area contributed by atoms with Crippen LogP contribution in [-0.2, 0) is 19.1 Å². The van der Waals surface area contributed by atoms with E-state index in [0.29, 0.717) is 0 Å². The van der Waals surface area contributed by atoms with E-state index in [9.17, 15) is 14.4 Å². The fraction of sp³-hybridized carbons (Fsp3) is 0.643. The fourth-order valence-corrected chi connectivity index (χ4v) is 1.40. The van der Waals surface area contributed by atoms with E-state index < -0.39 is 11.9 Å². The number of rotatable bonds is 8. The molecule has 1 unspecified atom stereocenters. The number of amides is 1. The van der Waals surface area contributed by atoms with Crippen LogP contribution in [-0.4, -0.2) is 36.2 Å². The van der Waals surface area contributed by atoms with Crippen LogP contribution >= 0.6 is 13.5 Å². The van der Waals surface area contributed by atoms with Crippen LogP contribution in [0.3, 0.4) is 0 Å². The molecule has 0 saturated heterocycles. The molecule has 0 fully saturated rings. The molecule has 1 amide bonds. The van der Waals surface area contributed by atoms with Crippen molar-refractivity contribution in [3.63, 3.8) is 0 Å². The molecule has 20 heavy (non-hydrogen) atoms. The maximum atomic E-state index is 11.6. The van der Waals surface area contributed by atoms with Crippen molar-refractivity contribution in [1.29, 1.82) is 0 Å². The molecular weight excluding hydrogens is 278 g/mol. The topological polar surface area (TPSA) is 72.5 Å². The monoisotopic (exact) mass is 303 g/mol. The van der Waals surface area contributed by atoms with Crippen LogP contribution in [0, 0.1) is 5.92 Å². The van der Waals surface area contributed by atoms with Crippen LogP contribution in [0.25, 0.3) is 0 Å². The van der Waals surface area contributed by atoms with Crippen LogP contribution in [0.4, 0.5) is 0 Å². The van der Waals surface area contributed by atoms with E-state index in [1.165, 1.54) is 6.92 Å². The molecule has 1 atom stereocenters. The van der Waals surface area contributed by atoms with E-state index in [0.717, 1.165) is 12.2 Å². The second kappa shape index (κ2) is 10.6. The summed E-state index contributed by atoms with van der Waals surface area (Å²) in [7, 11) is 0. The first-order chi connectivity index (χ1) is 8.73. The zero-order valence-corrected chi connectivity index (χ0v) is 13.7. The van der Waals surface area contributed by atoms with E-state index >= 15 is 0 Å². The van der Waals surface area contributed by atoms with Gasteiger partial charge in [-0.15, -0.1) is 0 Å². The fourth-order valence-electron chi connectivity index (χ4n) is 1.40. The highest BCUT2D eigenvalue weighted by atomic mass is 32.1. The molecule has 0 aromatic heterocycles. The lowest BCUT2D eigenvalue weighted by Crippen LogP contribution is -2.42. The van der Waals surface area contributed by atoms with Crippen molar-refractivity contribution in [1.82, 2.24) is 5.32 Å². The number of hydrogen-bond acceptors (Lipinski definition) is 4. The summed E-state index contributed by atoms with van der Waals surface area (Å²) < 4.78 is 5.11. The molecule has 0 spiro atoms. The Kier molecular flexibility index (Phi) is 11.2. The zero-order chi connectivity index (χ0) is 15.0. The first kappa shape index (κ1) is 21.2. The molecule has 1 N–H and O–H groups in total. The first-order valence-electron chi connectivity index (χ1n) is 6.37. The highest BCUT2D eigenvalue weighted by molar-refractivity contribution is 7.59. The second-order valence-electron chi connectivity index (χ2n) is 5.00. The predicted molar refractivity (Wildman–Crippen MR) is 83.1 cm³/mol. The van der Waals surface area contributed by atoms with Gasteiger partial charge in [0, 0.05) is 6.08 Å². The third-order valence-electron chi connectivity index (χ3n) is 2.38. The zero-order valence-electron chi connectivity index (χ0n) is 12.7. The number of carbonyl (C=O) groups is 3. The lowest BCUT2D eigenvalue weighted by atomic mass is 10.0. The van der Waals surface area contributed by atoms with Crippen molar-refractivity contribution in [2.75, 3.05) is 6.61 Å². The highest BCUT2D eigenvalue weighted by Gasteiger charge is 2.19. The van der Waals surface area contributed by atoms with Crippen LogP contribution < -0.4 is 5.32 Å². The predicted octanol–water partition coefficient (Wildman–Crippen LogP) is 1.38. The van der Waals surface area contributed by atoms with Gasteiger partial charge in [0.15, 0.2) is 11.6 Å². The molecular formula is C14H25NO4S. The number of carbonyl (C=O) groups excluding carboxylic acids is 3. The van der Waals surface area contributed by atoms with Gasteiger partial charge in [0.05, 0.1) is 12.1 Å². The van der Waals surface area contributed by atoms with Gasteiger partial charge in [0.2, 0.25) is 5.91 Å². The lowest BCUT2D eigenvalue weighted by Gasteiger charge is -2.18. The summed E-state index contributed by atoms with van der Waals surface area (Å²) in [5.74, 6) is -0.833. The summed E-state index contributed by atoms with van der Waals surface area (Å²) in [6.07, 6.45) is 2.26. The Labute approximate surface area is 127 Å². The van der Waals surface area contributed by atoms with Crippen molar-refractivity contribution in [3.05, 3.63) is 12.2 Å². The van der Waals surface area contributed by atoms with Gasteiger partial charge < -0.3 is 10.1 Å². The van der Waals surface area contributed by atoms with Gasteiger partial charge in [-0.25, -0.2) is 0 Å². The van der Waals surface area contributed by atoms with E-state index in [4.69, 9.17) is 4.74 Å². The summed E-state index contributed by atoms with van der Waals surface area (Å²) in [5.41, 5.74) is 0. The van der Waals surface area contributed by atoms with Crippen LogP contribution in [0.5, 0.6) is 0 Å². The van der Waals surface area contributed by atoms with Crippen molar-refractivity contribution < 1.29 is 19.1 Å². The normalized spacial score (nSPS) is 12.3. The molecule has 6 heteroatoms. The molecule has 5 nitrogen and oxygen atoms in total. The van der Waals surface area contributed by atoms with Gasteiger partial charge in [-0.3, -0.25) is 14.4 Å². The molecule has 0 heterocycles. The minimum Gasteiger partial charge on any atom is -0.371 e. The molecule has 0 aliphatic rings. The summed E-state index contributed by atoms with van der Waals surface area (Å²) in [5, 5.41) is 2.57. The molecule has 0 radical (unpaired) electrons. The van der Waals surface area contributed by atoms with Crippen molar-refractivity contribution >= 4 is 31.0 Å². The molecule has 0 bridgehead atoms. The molecule has 0 aromatic carbocycles. The number of Topliss-reactive ketones (excluding diaryl/α,β-unsaturated/α-hetero) is 1. The Hall–Kier alpha value is -1.14. The van der Waals surface area contributed by atoms with Crippen LogP contribution in [0.1, 0.15) is 34.6 Å². The lowest BCUT2D eigenvalue weighted by molar-refractivity contribution is -0.125. The Balaban J connectivity index is 0. The van der Waals surface area contributed by atoms with E-state index in [1.807, 2.05) is 27.7 Å². The smallest absolute Gasteiger partial charge is 0.244 e. The molecule has 116 valence electrons. The summed E-state index contributed by atoms with van der Waals surface area (Å²) in [6, 6.07) is -0.529. The summed E-state index contributed by atoms with van der Waals surface area (Å²) in [6.45, 7) is 8.71. The summed E-state index contributed by atoms with van der Waals surface area (Å²) in [4.78, 5) is 34.2. The van der Waals surface area contributed by atoms with E-state index in [2.05, 4.69) is 5.32 Å². The highest BCUT2D eigenvalue weighted by Crippen LogP contribution is 2.02. The van der Waals surface area contributed by atoms with Gasteiger partial charge in [0.25, 0.3) is 0 Å². The maximum Gasteiger partial charge on any atom is 0.244 e. The minimum atomic E-state index is -0.529. The molecule has 0 aromatic rings. The number of ketones is 2. The van der Waals surface area contributed by atoms with Gasteiger partial charge in [-0.2, -0.15) is 13.5 Å². The average Bonchev–Trinajstić information content (AvgIpc) is 2.29. The van der Waals surface area contributed by atoms with E-state index in [1.54, 1.807) is 0 Å². The molecule has 0 rings (SSSR count). The van der Waals surface area contributed by atoms with Gasteiger partial charge in [-0.1, -0.05) is 13.8 Å². The van der Waals surface area contributed by atoms with Crippen LogP contribution in [0.15, 0.2) is 12.2 Å². The van der Waals surface area contributed by atoms with Crippen LogP contribution in [0.2, 0.25) is 0 Å². The Morgan fingerprint density at radius 1 is 1.10 bits per heavy atom. The quantitative estimate of drug-likeness (QED) is 0.688. The maximum absolute atomic E-state index is 11.6. The van der Waals surface area contributed by atoms with Gasteiger partial charge >= 0.3 is 0 Å². The largest absolute Gasteiger partial charge is 0.371 e. The Morgan fingerprint density at radius 3 is 2.05 bits per heavy atom. The summed E-state index contributed by atoms with van der Waals surface area (Å²) >= 11 is 0. The van der Waals surface area contributed by atoms with Crippen molar-refractivity contribution in [2.24, 2.45) is 5.92 Å². The van der Waals surface area contributed by atoms with Gasteiger partial charge in [0.1, 0.15) is 6.61 Å². The minimum absolute atomic E-state index is 0. The number of nitrogens with one attached hydrogen (secondary N) is 1. The third-order valence-corrected chi connectivity index (χ3v) is 2.38. The first-order valence-corrected chi connectivity index (χ1v) is 6.37. The van der Waals surface area contributed by atoms with Crippen molar-refractivity contribution in [3.8, 4) is 0 Å². The standard InChI is InChI=1S/C14H23NO4.H2S/c1-9(2)14(11(5)16)15-13(18)7-6-12(17)8-19-10(3)4;/h6-7,9-10,14H,8H2,1-5H3,(H,15,18);1H2/b7-6-;. The molecule has 0 aliphatic heterocycles. The SMILES string of the molecule is CC(=O)C(NC(=O)/C=C\C(=O)COC(C)C)C(C)C.S. The number of ether oxygens (including phenoxy) is 1. The second-order valence-corrected chi connectivity index (χ2v) is 5.00. The molecule has 0 saturated carbocycles. The van der Waals surface area contributed by atoms with Crippen molar-refractivity contribution in [2.45, 2.75) is 46.8 Å².